The number of rotatable bonds is 5. The van der Waals surface area contributed by atoms with Gasteiger partial charge in [0, 0.05) is 26.2 Å². The minimum Gasteiger partial charge on any atom is -0.497 e. The van der Waals surface area contributed by atoms with Crippen LogP contribution < -0.4 is 14.8 Å². The van der Waals surface area contributed by atoms with Crippen LogP contribution in [0.5, 0.6) is 17.2 Å². The van der Waals surface area contributed by atoms with Crippen LogP contribution in [0.2, 0.25) is 0 Å². The van der Waals surface area contributed by atoms with Crippen molar-refractivity contribution in [3.8, 4) is 17.2 Å². The van der Waals surface area contributed by atoms with Crippen molar-refractivity contribution in [3.05, 3.63) is 48.5 Å². The van der Waals surface area contributed by atoms with Crippen LogP contribution in [0.3, 0.4) is 0 Å². The first kappa shape index (κ1) is 19.5. The fourth-order valence-corrected chi connectivity index (χ4v) is 3.93. The Morgan fingerprint density at radius 2 is 1.36 bits per heavy atom. The number of hydrogen-bond acceptors (Lipinski definition) is 5. The summed E-state index contributed by atoms with van der Waals surface area (Å²) in [5, 5.41) is 3.15. The number of nitrogens with zero attached hydrogens (tertiary/aromatic N) is 1. The topological polar surface area (TPSA) is 67.9 Å². The Labute approximate surface area is 154 Å². The summed E-state index contributed by atoms with van der Waals surface area (Å²) in [7, 11) is -1.83. The van der Waals surface area contributed by atoms with E-state index in [1.807, 2.05) is 0 Å². The van der Waals surface area contributed by atoms with Gasteiger partial charge in [0.05, 0.1) is 12.0 Å². The van der Waals surface area contributed by atoms with Gasteiger partial charge >= 0.3 is 0 Å². The molecular formula is C17H21ClN2O4S. The van der Waals surface area contributed by atoms with E-state index in [9.17, 15) is 8.42 Å². The van der Waals surface area contributed by atoms with Gasteiger partial charge in [0.2, 0.25) is 10.0 Å². The Bertz CT molecular complexity index is 773. The van der Waals surface area contributed by atoms with Gasteiger partial charge in [-0.3, -0.25) is 0 Å². The molecule has 2 aromatic rings. The van der Waals surface area contributed by atoms with Crippen LogP contribution in [0.1, 0.15) is 0 Å². The van der Waals surface area contributed by atoms with E-state index in [1.54, 1.807) is 55.6 Å². The van der Waals surface area contributed by atoms with Gasteiger partial charge in [-0.15, -0.1) is 12.4 Å². The Balaban J connectivity index is 0.00000225. The molecule has 6 nitrogen and oxygen atoms in total. The fraction of sp³-hybridized carbons (Fsp3) is 0.294. The average Bonchev–Trinajstić information content (AvgIpc) is 2.63. The molecule has 1 N–H and O–H groups in total. The minimum atomic E-state index is -3.44. The van der Waals surface area contributed by atoms with Crippen LogP contribution >= 0.6 is 12.4 Å². The van der Waals surface area contributed by atoms with Gasteiger partial charge in [-0.05, 0) is 48.5 Å². The molecule has 1 saturated heterocycles. The molecule has 1 heterocycles. The predicted octanol–water partition coefficient (Wildman–Crippen LogP) is 2.50. The third kappa shape index (κ3) is 4.64. The van der Waals surface area contributed by atoms with Crippen LogP contribution in [0.15, 0.2) is 53.4 Å². The van der Waals surface area contributed by atoms with Crippen LogP contribution in [0.25, 0.3) is 0 Å². The monoisotopic (exact) mass is 384 g/mol. The molecule has 8 heteroatoms. The quantitative estimate of drug-likeness (QED) is 0.857. The van der Waals surface area contributed by atoms with E-state index in [-0.39, 0.29) is 17.3 Å². The van der Waals surface area contributed by atoms with E-state index in [2.05, 4.69) is 5.32 Å². The fourth-order valence-electron chi connectivity index (χ4n) is 2.49. The van der Waals surface area contributed by atoms with Crippen LogP contribution in [-0.4, -0.2) is 46.0 Å². The second kappa shape index (κ2) is 8.53. The molecule has 25 heavy (non-hydrogen) atoms. The van der Waals surface area contributed by atoms with E-state index in [1.165, 1.54) is 4.31 Å². The van der Waals surface area contributed by atoms with Crippen molar-refractivity contribution in [1.29, 1.82) is 0 Å². The molecule has 136 valence electrons. The smallest absolute Gasteiger partial charge is 0.243 e. The number of halogens is 1. The van der Waals surface area contributed by atoms with Crippen molar-refractivity contribution < 1.29 is 17.9 Å². The zero-order valence-corrected chi connectivity index (χ0v) is 15.5. The highest BCUT2D eigenvalue weighted by atomic mass is 35.5. The summed E-state index contributed by atoms with van der Waals surface area (Å²) in [6.45, 7) is 2.34. The second-order valence-corrected chi connectivity index (χ2v) is 7.34. The van der Waals surface area contributed by atoms with Gasteiger partial charge in [0.25, 0.3) is 0 Å². The summed E-state index contributed by atoms with van der Waals surface area (Å²) < 4.78 is 37.5. The molecule has 0 saturated carbocycles. The Kier molecular flexibility index (Phi) is 6.66. The SMILES string of the molecule is COc1ccc(Oc2ccc(S(=O)(=O)N3CCNCC3)cc2)cc1.Cl. The van der Waals surface area contributed by atoms with Crippen molar-refractivity contribution in [2.45, 2.75) is 4.90 Å². The standard InChI is InChI=1S/C17H20N2O4S.ClH/c1-22-14-2-4-15(5-3-14)23-16-6-8-17(9-7-16)24(20,21)19-12-10-18-11-13-19;/h2-9,18H,10-13H2,1H3;1H. The van der Waals surface area contributed by atoms with Crippen molar-refractivity contribution in [3.63, 3.8) is 0 Å². The van der Waals surface area contributed by atoms with Gasteiger partial charge in [-0.1, -0.05) is 0 Å². The summed E-state index contributed by atoms with van der Waals surface area (Å²) in [6.07, 6.45) is 0. The van der Waals surface area contributed by atoms with E-state index >= 15 is 0 Å². The normalized spacial score (nSPS) is 15.2. The largest absolute Gasteiger partial charge is 0.497 e. The van der Waals surface area contributed by atoms with Crippen LogP contribution in [-0.2, 0) is 10.0 Å². The number of piperazine rings is 1. The molecule has 0 atom stereocenters. The number of ether oxygens (including phenoxy) is 2. The number of benzene rings is 2. The molecule has 0 amide bonds. The van der Waals surface area contributed by atoms with Crippen LogP contribution in [0, 0.1) is 0 Å². The Morgan fingerprint density at radius 3 is 1.88 bits per heavy atom. The first-order valence-corrected chi connectivity index (χ1v) is 9.16. The van der Waals surface area contributed by atoms with Crippen molar-refractivity contribution in [2.24, 2.45) is 0 Å². The maximum atomic E-state index is 12.6. The molecule has 0 radical (unpaired) electrons. The zero-order chi connectivity index (χ0) is 17.0. The third-order valence-electron chi connectivity index (χ3n) is 3.83. The molecule has 0 spiro atoms. The first-order valence-electron chi connectivity index (χ1n) is 7.72. The van der Waals surface area contributed by atoms with Crippen molar-refractivity contribution in [2.75, 3.05) is 33.3 Å². The van der Waals surface area contributed by atoms with Gasteiger partial charge in [0.15, 0.2) is 0 Å². The van der Waals surface area contributed by atoms with Gasteiger partial charge in [-0.2, -0.15) is 4.31 Å². The number of nitrogens with one attached hydrogen (secondary N) is 1. The summed E-state index contributed by atoms with van der Waals surface area (Å²) in [5.74, 6) is 1.99. The van der Waals surface area contributed by atoms with E-state index in [0.717, 1.165) is 5.75 Å². The highest BCUT2D eigenvalue weighted by molar-refractivity contribution is 7.89. The van der Waals surface area contributed by atoms with Crippen molar-refractivity contribution in [1.82, 2.24) is 9.62 Å². The number of hydrogen-bond donors (Lipinski definition) is 1. The summed E-state index contributed by atoms with van der Waals surface area (Å²) in [6, 6.07) is 13.7. The summed E-state index contributed by atoms with van der Waals surface area (Å²) in [4.78, 5) is 0.284. The van der Waals surface area contributed by atoms with E-state index < -0.39 is 10.0 Å². The highest BCUT2D eigenvalue weighted by Gasteiger charge is 2.25. The molecule has 2 aromatic carbocycles. The molecular weight excluding hydrogens is 364 g/mol. The molecule has 0 aromatic heterocycles. The predicted molar refractivity (Wildman–Crippen MR) is 98.4 cm³/mol. The molecule has 1 fully saturated rings. The van der Waals surface area contributed by atoms with Crippen molar-refractivity contribution >= 4 is 22.4 Å². The maximum absolute atomic E-state index is 12.6. The highest BCUT2D eigenvalue weighted by Crippen LogP contribution is 2.25. The Morgan fingerprint density at radius 1 is 0.880 bits per heavy atom. The molecule has 0 unspecified atom stereocenters. The molecule has 1 aliphatic rings. The minimum absolute atomic E-state index is 0. The lowest BCUT2D eigenvalue weighted by atomic mass is 10.3. The van der Waals surface area contributed by atoms with E-state index in [0.29, 0.717) is 37.7 Å². The second-order valence-electron chi connectivity index (χ2n) is 5.40. The Hall–Kier alpha value is -1.80. The van der Waals surface area contributed by atoms with Gasteiger partial charge < -0.3 is 14.8 Å². The zero-order valence-electron chi connectivity index (χ0n) is 13.8. The lowest BCUT2D eigenvalue weighted by Gasteiger charge is -2.26. The first-order chi connectivity index (χ1) is 11.6. The van der Waals surface area contributed by atoms with E-state index in [4.69, 9.17) is 9.47 Å². The number of methoxy groups -OCH3 is 1. The molecule has 3 rings (SSSR count). The summed E-state index contributed by atoms with van der Waals surface area (Å²) >= 11 is 0. The molecule has 0 bridgehead atoms. The summed E-state index contributed by atoms with van der Waals surface area (Å²) in [5.41, 5.74) is 0. The lowest BCUT2D eigenvalue weighted by Crippen LogP contribution is -2.46. The molecule has 0 aliphatic carbocycles. The third-order valence-corrected chi connectivity index (χ3v) is 5.75. The van der Waals surface area contributed by atoms with Gasteiger partial charge in [0.1, 0.15) is 17.2 Å². The number of sulfonamides is 1. The molecule has 1 aliphatic heterocycles. The maximum Gasteiger partial charge on any atom is 0.243 e. The van der Waals surface area contributed by atoms with Gasteiger partial charge in [-0.25, -0.2) is 8.42 Å². The lowest BCUT2D eigenvalue weighted by molar-refractivity contribution is 0.360. The van der Waals surface area contributed by atoms with Crippen LogP contribution in [0.4, 0.5) is 0 Å². The average molecular weight is 385 g/mol.